The second-order valence-corrected chi connectivity index (χ2v) is 7.90. The Kier molecular flexibility index (Phi) is 6.18. The molecular weight excluding hydrogens is 390 g/mol. The number of nitrogens with zero attached hydrogens (tertiary/aromatic N) is 1. The van der Waals surface area contributed by atoms with E-state index in [1.165, 1.54) is 0 Å². The normalized spacial score (nSPS) is 13.3. The summed E-state index contributed by atoms with van der Waals surface area (Å²) in [6, 6.07) is 17.0. The van der Waals surface area contributed by atoms with Crippen LogP contribution in [0.5, 0.6) is 0 Å². The number of esters is 1. The molecule has 0 radical (unpaired) electrons. The molecule has 6 heteroatoms. The summed E-state index contributed by atoms with van der Waals surface area (Å²) in [5.74, 6) is 0.624. The Morgan fingerprint density at radius 1 is 1.16 bits per heavy atom. The molecule has 0 aliphatic heterocycles. The summed E-state index contributed by atoms with van der Waals surface area (Å²) in [5.41, 5.74) is 9.13. The van der Waals surface area contributed by atoms with Crippen LogP contribution in [0.3, 0.4) is 0 Å². The highest BCUT2D eigenvalue weighted by atomic mass is 16.5. The van der Waals surface area contributed by atoms with Crippen LogP contribution in [0.4, 0.5) is 0 Å². The number of fused-ring (bicyclic) bond motifs is 1. The summed E-state index contributed by atoms with van der Waals surface area (Å²) in [6.45, 7) is 4.42. The van der Waals surface area contributed by atoms with Crippen molar-refractivity contribution in [3.05, 3.63) is 77.9 Å². The second-order valence-electron chi connectivity index (χ2n) is 7.90. The van der Waals surface area contributed by atoms with E-state index in [-0.39, 0.29) is 12.3 Å². The van der Waals surface area contributed by atoms with Crippen molar-refractivity contribution < 1.29 is 13.9 Å². The van der Waals surface area contributed by atoms with Gasteiger partial charge in [0.2, 0.25) is 5.89 Å². The summed E-state index contributed by atoms with van der Waals surface area (Å²) < 4.78 is 11.6. The predicted molar refractivity (Wildman–Crippen MR) is 120 cm³/mol. The number of aromatic nitrogens is 2. The van der Waals surface area contributed by atoms with Crippen LogP contribution < -0.4 is 5.73 Å². The topological polar surface area (TPSA) is 94.1 Å². The van der Waals surface area contributed by atoms with Crippen molar-refractivity contribution in [2.45, 2.75) is 39.3 Å². The molecule has 160 valence electrons. The van der Waals surface area contributed by atoms with Crippen molar-refractivity contribution in [3.63, 3.8) is 0 Å². The Bertz CT molecular complexity index is 1160. The number of para-hydroxylation sites is 1. The Hall–Kier alpha value is -3.38. The number of hydrogen-bond donors (Lipinski definition) is 2. The van der Waals surface area contributed by atoms with E-state index < -0.39 is 12.0 Å². The minimum Gasteiger partial charge on any atom is -0.456 e. The van der Waals surface area contributed by atoms with Crippen molar-refractivity contribution in [2.75, 3.05) is 0 Å². The first-order chi connectivity index (χ1) is 15.1. The molecule has 2 heterocycles. The van der Waals surface area contributed by atoms with Gasteiger partial charge in [-0.15, -0.1) is 0 Å². The number of carbonyl (C=O) groups is 1. The van der Waals surface area contributed by atoms with Gasteiger partial charge in [0, 0.05) is 22.7 Å². The second kappa shape index (κ2) is 9.18. The molecule has 6 nitrogen and oxygen atoms in total. The van der Waals surface area contributed by atoms with Gasteiger partial charge in [-0.2, -0.15) is 0 Å². The molecule has 4 aromatic rings. The van der Waals surface area contributed by atoms with Gasteiger partial charge in [-0.3, -0.25) is 0 Å². The summed E-state index contributed by atoms with van der Waals surface area (Å²) in [4.78, 5) is 20.7. The zero-order chi connectivity index (χ0) is 21.8. The number of benzene rings is 2. The largest absolute Gasteiger partial charge is 0.456 e. The third kappa shape index (κ3) is 4.54. The fourth-order valence-corrected chi connectivity index (χ4v) is 3.57. The van der Waals surface area contributed by atoms with E-state index in [0.29, 0.717) is 17.6 Å². The van der Waals surface area contributed by atoms with Gasteiger partial charge < -0.3 is 19.9 Å². The van der Waals surface area contributed by atoms with Crippen molar-refractivity contribution in [2.24, 2.45) is 11.7 Å². The summed E-state index contributed by atoms with van der Waals surface area (Å²) >= 11 is 0. The van der Waals surface area contributed by atoms with Gasteiger partial charge in [-0.1, -0.05) is 68.8 Å². The first kappa shape index (κ1) is 20.9. The smallest absolute Gasteiger partial charge is 0.361 e. The molecule has 0 saturated carbocycles. The number of carbonyl (C=O) groups excluding carboxylic acids is 1. The Morgan fingerprint density at radius 3 is 2.68 bits per heavy atom. The number of hydrogen-bond acceptors (Lipinski definition) is 5. The van der Waals surface area contributed by atoms with Gasteiger partial charge in [-0.05, 0) is 24.0 Å². The van der Waals surface area contributed by atoms with Crippen LogP contribution in [0, 0.1) is 5.92 Å². The maximum Gasteiger partial charge on any atom is 0.361 e. The summed E-state index contributed by atoms with van der Waals surface area (Å²) in [6.07, 6.45) is 3.56. The van der Waals surface area contributed by atoms with E-state index in [2.05, 4.69) is 23.8 Å². The van der Waals surface area contributed by atoms with E-state index in [9.17, 15) is 4.79 Å². The zero-order valence-corrected chi connectivity index (χ0v) is 17.8. The van der Waals surface area contributed by atoms with Crippen molar-refractivity contribution in [3.8, 4) is 11.3 Å². The van der Waals surface area contributed by atoms with Crippen LogP contribution in [0.1, 0.15) is 54.7 Å². The molecule has 0 spiro atoms. The van der Waals surface area contributed by atoms with Gasteiger partial charge >= 0.3 is 5.97 Å². The molecule has 0 bridgehead atoms. The van der Waals surface area contributed by atoms with Gasteiger partial charge in [0.05, 0.1) is 6.04 Å². The van der Waals surface area contributed by atoms with Crippen LogP contribution in [-0.2, 0) is 11.3 Å². The van der Waals surface area contributed by atoms with Crippen molar-refractivity contribution in [1.29, 1.82) is 0 Å². The van der Waals surface area contributed by atoms with E-state index in [1.54, 1.807) is 0 Å². The number of aromatic amines is 1. The number of nitrogens with two attached hydrogens (primary N) is 1. The third-order valence-electron chi connectivity index (χ3n) is 5.55. The van der Waals surface area contributed by atoms with Gasteiger partial charge in [0.1, 0.15) is 6.61 Å². The highest BCUT2D eigenvalue weighted by molar-refractivity contribution is 6.01. The van der Waals surface area contributed by atoms with Crippen molar-refractivity contribution in [1.82, 2.24) is 9.97 Å². The Labute approximate surface area is 181 Å². The molecule has 31 heavy (non-hydrogen) atoms. The Morgan fingerprint density at radius 2 is 1.90 bits per heavy atom. The fourth-order valence-electron chi connectivity index (χ4n) is 3.57. The number of oxazole rings is 1. The van der Waals surface area contributed by atoms with Gasteiger partial charge in [-0.25, -0.2) is 9.78 Å². The predicted octanol–water partition coefficient (Wildman–Crippen LogP) is 5.62. The molecule has 4 rings (SSSR count). The third-order valence-corrected chi connectivity index (χ3v) is 5.55. The molecule has 0 unspecified atom stereocenters. The molecule has 0 aliphatic rings. The van der Waals surface area contributed by atoms with Crippen LogP contribution in [0.2, 0.25) is 0 Å². The van der Waals surface area contributed by atoms with Crippen LogP contribution in [-0.4, -0.2) is 15.9 Å². The molecule has 0 saturated heterocycles. The average molecular weight is 418 g/mol. The highest BCUT2D eigenvalue weighted by Gasteiger charge is 2.27. The van der Waals surface area contributed by atoms with E-state index in [0.717, 1.165) is 34.9 Å². The van der Waals surface area contributed by atoms with Gasteiger partial charge in [0.25, 0.3) is 0 Å². The maximum absolute atomic E-state index is 13.0. The fraction of sp³-hybridized carbons (Fsp3) is 0.280. The van der Waals surface area contributed by atoms with Crippen LogP contribution >= 0.6 is 0 Å². The lowest BCUT2D eigenvalue weighted by atomic mass is 10.00. The van der Waals surface area contributed by atoms with E-state index in [4.69, 9.17) is 14.9 Å². The van der Waals surface area contributed by atoms with E-state index >= 15 is 0 Å². The summed E-state index contributed by atoms with van der Waals surface area (Å²) in [5, 5.41) is 0.942. The van der Waals surface area contributed by atoms with Gasteiger partial charge in [0.15, 0.2) is 11.5 Å². The SMILES string of the molecule is CC[C@@H](C)C[C@@H](N)c1nc(C(=O)OCc2ccccc2)c(-c2c[nH]c3ccccc23)o1. The molecule has 2 aromatic heterocycles. The minimum atomic E-state index is -0.533. The zero-order valence-electron chi connectivity index (χ0n) is 17.8. The average Bonchev–Trinajstić information content (AvgIpc) is 3.42. The van der Waals surface area contributed by atoms with Crippen LogP contribution in [0.15, 0.2) is 65.2 Å². The van der Waals surface area contributed by atoms with E-state index in [1.807, 2.05) is 60.8 Å². The molecular formula is C25H27N3O3. The van der Waals surface area contributed by atoms with Crippen molar-refractivity contribution >= 4 is 16.9 Å². The molecule has 0 fully saturated rings. The molecule has 0 aliphatic carbocycles. The lowest BCUT2D eigenvalue weighted by Crippen LogP contribution is -2.15. The monoisotopic (exact) mass is 417 g/mol. The first-order valence-electron chi connectivity index (χ1n) is 10.6. The molecule has 2 atom stereocenters. The Balaban J connectivity index is 1.69. The number of H-pyrrole nitrogens is 1. The number of nitrogens with one attached hydrogen (secondary N) is 1. The quantitative estimate of drug-likeness (QED) is 0.363. The minimum absolute atomic E-state index is 0.148. The first-order valence-corrected chi connectivity index (χ1v) is 10.6. The number of rotatable bonds is 8. The lowest BCUT2D eigenvalue weighted by molar-refractivity contribution is 0.0467. The molecule has 3 N–H and O–H groups in total. The highest BCUT2D eigenvalue weighted by Crippen LogP contribution is 2.34. The number of ether oxygens (including phenoxy) is 1. The summed E-state index contributed by atoms with van der Waals surface area (Å²) in [7, 11) is 0. The molecule has 2 aromatic carbocycles. The molecule has 0 amide bonds. The maximum atomic E-state index is 13.0. The lowest BCUT2D eigenvalue weighted by Gasteiger charge is -2.12. The standard InChI is InChI=1S/C25H27N3O3/c1-3-16(2)13-20(26)24-28-22(25(29)30-15-17-9-5-4-6-10-17)23(31-24)19-14-27-21-12-8-7-11-18(19)21/h4-12,14,16,20,27H,3,13,15,26H2,1-2H3/t16-,20-/m1/s1. The van der Waals surface area contributed by atoms with Crippen LogP contribution in [0.25, 0.3) is 22.2 Å².